The van der Waals surface area contributed by atoms with Gasteiger partial charge in [0.05, 0.1) is 10.8 Å². The van der Waals surface area contributed by atoms with Gasteiger partial charge in [-0.15, -0.1) is 0 Å². The van der Waals surface area contributed by atoms with Crippen molar-refractivity contribution in [2.75, 3.05) is 5.32 Å². The van der Waals surface area contributed by atoms with Crippen molar-refractivity contribution in [1.29, 1.82) is 0 Å². The Bertz CT molecular complexity index is 1990. The molecule has 2 aromatic carbocycles. The van der Waals surface area contributed by atoms with Crippen LogP contribution in [-0.4, -0.2) is 49.4 Å². The van der Waals surface area contributed by atoms with E-state index in [9.17, 15) is 18.3 Å². The molecule has 0 radical (unpaired) electrons. The lowest BCUT2D eigenvalue weighted by atomic mass is 9.61. The first-order chi connectivity index (χ1) is 21.2. The van der Waals surface area contributed by atoms with E-state index < -0.39 is 33.8 Å². The highest BCUT2D eigenvalue weighted by molar-refractivity contribution is 7.90. The molecule has 3 fully saturated rings. The molecule has 10 nitrogen and oxygen atoms in total. The molecule has 0 saturated heterocycles. The number of halogens is 1. The monoisotopic (exact) mass is 612 g/mol. The zero-order chi connectivity index (χ0) is 30.6. The lowest BCUT2D eigenvalue weighted by Gasteiger charge is -2.47. The van der Waals surface area contributed by atoms with Crippen molar-refractivity contribution in [1.82, 2.24) is 23.9 Å². The molecule has 0 spiro atoms. The number of hydrogen-bond acceptors (Lipinski definition) is 8. The van der Waals surface area contributed by atoms with E-state index in [2.05, 4.69) is 25.3 Å². The van der Waals surface area contributed by atoms with E-state index in [0.717, 1.165) is 35.2 Å². The van der Waals surface area contributed by atoms with E-state index >= 15 is 4.39 Å². The second kappa shape index (κ2) is 10.8. The van der Waals surface area contributed by atoms with Crippen LogP contribution in [0.3, 0.4) is 0 Å². The highest BCUT2D eigenvalue weighted by Crippen LogP contribution is 2.47. The molecule has 0 aliphatic heterocycles. The van der Waals surface area contributed by atoms with Crippen molar-refractivity contribution in [2.45, 2.75) is 43.5 Å². The molecule has 2 unspecified atom stereocenters. The van der Waals surface area contributed by atoms with Gasteiger partial charge in [0.1, 0.15) is 12.0 Å². The third-order valence-corrected chi connectivity index (χ3v) is 10.6. The van der Waals surface area contributed by atoms with Crippen LogP contribution >= 0.6 is 0 Å². The van der Waals surface area contributed by atoms with Crippen LogP contribution in [0.15, 0.2) is 78.2 Å². The first-order valence-corrected chi connectivity index (χ1v) is 15.9. The Labute approximate surface area is 253 Å². The zero-order valence-electron chi connectivity index (χ0n) is 23.8. The second-order valence-corrected chi connectivity index (χ2v) is 13.4. The third kappa shape index (κ3) is 4.69. The van der Waals surface area contributed by atoms with E-state index in [0.29, 0.717) is 10.9 Å². The maximum absolute atomic E-state index is 16.3. The average Bonchev–Trinajstić information content (AvgIpc) is 3.44. The molecule has 224 valence electrons. The number of aliphatic carboxylic acids is 1. The summed E-state index contributed by atoms with van der Waals surface area (Å²) >= 11 is 0. The maximum atomic E-state index is 16.3. The molecule has 2 bridgehead atoms. The number of nitrogens with zero attached hydrogens (tertiary/aromatic N) is 5. The minimum Gasteiger partial charge on any atom is -0.481 e. The van der Waals surface area contributed by atoms with Gasteiger partial charge in [-0.3, -0.25) is 4.79 Å². The number of carboxylic acid groups (broad SMARTS) is 1. The number of anilines is 1. The van der Waals surface area contributed by atoms with Crippen LogP contribution in [0.1, 0.15) is 31.2 Å². The van der Waals surface area contributed by atoms with E-state index in [1.54, 1.807) is 42.5 Å². The number of benzene rings is 2. The molecular weight excluding hydrogens is 583 g/mol. The maximum Gasteiger partial charge on any atom is 0.308 e. The molecule has 2 atom stereocenters. The van der Waals surface area contributed by atoms with Crippen LogP contribution in [0.25, 0.3) is 33.7 Å². The van der Waals surface area contributed by atoms with E-state index in [4.69, 9.17) is 0 Å². The van der Waals surface area contributed by atoms with Gasteiger partial charge in [0.2, 0.25) is 0 Å². The molecule has 3 aromatic heterocycles. The Morgan fingerprint density at radius 2 is 1.70 bits per heavy atom. The topological polar surface area (TPSA) is 140 Å². The number of carboxylic acids is 1. The predicted octanol–water partition coefficient (Wildman–Crippen LogP) is 5.54. The van der Waals surface area contributed by atoms with Crippen LogP contribution in [0, 0.1) is 30.5 Å². The first-order valence-electron chi connectivity index (χ1n) is 14.5. The minimum absolute atomic E-state index is 0.00471. The first kappa shape index (κ1) is 28.1. The van der Waals surface area contributed by atoms with Gasteiger partial charge in [0.25, 0.3) is 10.0 Å². The molecule has 2 N–H and O–H groups in total. The molecule has 5 aromatic rings. The van der Waals surface area contributed by atoms with Crippen molar-refractivity contribution < 1.29 is 22.7 Å². The fourth-order valence-electron chi connectivity index (χ4n) is 6.74. The molecular formula is C32H29FN6O4S. The van der Waals surface area contributed by atoms with Gasteiger partial charge in [-0.25, -0.2) is 36.7 Å². The summed E-state index contributed by atoms with van der Waals surface area (Å²) in [6.07, 6.45) is 7.50. The molecule has 3 heterocycles. The quantitative estimate of drug-likeness (QED) is 0.242. The zero-order valence-corrected chi connectivity index (χ0v) is 24.6. The summed E-state index contributed by atoms with van der Waals surface area (Å²) in [5.41, 5.74) is 1.81. The number of aryl methyl sites for hydroxylation is 1. The van der Waals surface area contributed by atoms with Crippen LogP contribution in [0.4, 0.5) is 10.2 Å². The van der Waals surface area contributed by atoms with Crippen LogP contribution in [-0.2, 0) is 14.8 Å². The van der Waals surface area contributed by atoms with Crippen molar-refractivity contribution in [2.24, 2.45) is 17.8 Å². The Hall–Kier alpha value is -4.71. The van der Waals surface area contributed by atoms with Crippen LogP contribution < -0.4 is 5.32 Å². The van der Waals surface area contributed by atoms with Gasteiger partial charge >= 0.3 is 5.97 Å². The summed E-state index contributed by atoms with van der Waals surface area (Å²) in [6.45, 7) is 1.87. The van der Waals surface area contributed by atoms with Crippen molar-refractivity contribution in [3.8, 4) is 22.6 Å². The molecule has 12 heteroatoms. The Morgan fingerprint density at radius 1 is 1.00 bits per heavy atom. The Kier molecular flexibility index (Phi) is 6.88. The lowest BCUT2D eigenvalue weighted by molar-refractivity contribution is -0.148. The van der Waals surface area contributed by atoms with Gasteiger partial charge in [0.15, 0.2) is 23.1 Å². The van der Waals surface area contributed by atoms with Crippen molar-refractivity contribution >= 4 is 32.8 Å². The van der Waals surface area contributed by atoms with Crippen molar-refractivity contribution in [3.05, 3.63) is 84.7 Å². The summed E-state index contributed by atoms with van der Waals surface area (Å²) in [7, 11) is -4.08. The minimum atomic E-state index is -4.08. The van der Waals surface area contributed by atoms with Crippen molar-refractivity contribution in [3.63, 3.8) is 0 Å². The van der Waals surface area contributed by atoms with E-state index in [1.807, 2.05) is 6.92 Å². The Balaban J connectivity index is 1.41. The largest absolute Gasteiger partial charge is 0.481 e. The number of fused-ring (bicyclic) bond motifs is 4. The summed E-state index contributed by atoms with van der Waals surface area (Å²) in [4.78, 5) is 30.0. The summed E-state index contributed by atoms with van der Waals surface area (Å²) in [6, 6.07) is 14.7. The van der Waals surface area contributed by atoms with Gasteiger partial charge < -0.3 is 10.4 Å². The summed E-state index contributed by atoms with van der Waals surface area (Å²) in [5, 5.41) is 13.7. The average molecular weight is 613 g/mol. The molecule has 44 heavy (non-hydrogen) atoms. The van der Waals surface area contributed by atoms with Crippen LogP contribution in [0.5, 0.6) is 0 Å². The fourth-order valence-corrected chi connectivity index (χ4v) is 8.07. The summed E-state index contributed by atoms with van der Waals surface area (Å²) in [5.74, 6) is -2.29. The standard InChI is InChI=1S/C32H29FN6O4S/c1-18-7-13-22(14-8-18)44(42,43)39-16-24(23-15-34-17-35-31(23)39)29-37-28(20-5-3-2-4-6-20)26(33)30(38-29)36-27-21-11-9-19(10-12-21)25(27)32(40)41/h2-8,13-17,19,21,25,27H,9-12H2,1H3,(H,40,41)(H,36,37,38). The number of carbonyl (C=O) groups is 1. The number of nitrogens with one attached hydrogen (secondary N) is 1. The number of rotatable bonds is 7. The smallest absolute Gasteiger partial charge is 0.308 e. The SMILES string of the molecule is Cc1ccc(S(=O)(=O)n2cc(-c3nc(NC4C5CCC(CC5)C4C(=O)O)c(F)c(-c4ccccc4)n3)c3cncnc32)cc1. The normalized spacial score (nSPS) is 21.4. The molecule has 8 rings (SSSR count). The Morgan fingerprint density at radius 3 is 2.41 bits per heavy atom. The molecule has 3 aliphatic rings. The molecule has 3 aliphatic carbocycles. The van der Waals surface area contributed by atoms with Gasteiger partial charge in [-0.05, 0) is 56.6 Å². The lowest BCUT2D eigenvalue weighted by Crippen LogP contribution is -2.51. The third-order valence-electron chi connectivity index (χ3n) is 8.96. The van der Waals surface area contributed by atoms with Gasteiger partial charge in [-0.2, -0.15) is 0 Å². The highest BCUT2D eigenvalue weighted by Gasteiger charge is 2.47. The second-order valence-electron chi connectivity index (χ2n) is 11.6. The number of hydrogen-bond donors (Lipinski definition) is 2. The number of aromatic nitrogens is 5. The van der Waals surface area contributed by atoms with Gasteiger partial charge in [-0.1, -0.05) is 48.0 Å². The molecule has 3 saturated carbocycles. The fraction of sp³-hybridized carbons (Fsp3) is 0.281. The predicted molar refractivity (Wildman–Crippen MR) is 162 cm³/mol. The highest BCUT2D eigenvalue weighted by atomic mass is 32.2. The molecule has 0 amide bonds. The van der Waals surface area contributed by atoms with Crippen LogP contribution in [0.2, 0.25) is 0 Å². The summed E-state index contributed by atoms with van der Waals surface area (Å²) < 4.78 is 44.9. The van der Waals surface area contributed by atoms with Gasteiger partial charge in [0, 0.05) is 34.9 Å². The van der Waals surface area contributed by atoms with E-state index in [1.165, 1.54) is 30.9 Å². The van der Waals surface area contributed by atoms with E-state index in [-0.39, 0.29) is 45.3 Å².